The van der Waals surface area contributed by atoms with Crippen LogP contribution in [-0.2, 0) is 17.9 Å². The summed E-state index contributed by atoms with van der Waals surface area (Å²) in [5.74, 6) is 0. The summed E-state index contributed by atoms with van der Waals surface area (Å²) < 4.78 is 7.59. The Balaban J connectivity index is 1.89. The SMILES string of the molecule is Cc1c2c(nn1COCC[Si](C)(C)C)C(O)CC2. The summed E-state index contributed by atoms with van der Waals surface area (Å²) >= 11 is 0. The maximum Gasteiger partial charge on any atom is 0.139 e. The molecule has 0 fully saturated rings. The zero-order valence-corrected chi connectivity index (χ0v) is 12.9. The van der Waals surface area contributed by atoms with E-state index in [1.807, 2.05) is 4.68 Å². The summed E-state index contributed by atoms with van der Waals surface area (Å²) in [6.07, 6.45) is 1.38. The van der Waals surface area contributed by atoms with Crippen LogP contribution in [0.1, 0.15) is 29.5 Å². The quantitative estimate of drug-likeness (QED) is 0.659. The Morgan fingerprint density at radius 1 is 1.44 bits per heavy atom. The molecule has 1 heterocycles. The molecule has 1 aromatic rings. The zero-order valence-electron chi connectivity index (χ0n) is 11.9. The summed E-state index contributed by atoms with van der Waals surface area (Å²) in [6, 6.07) is 1.18. The molecule has 1 aromatic heterocycles. The van der Waals surface area contributed by atoms with Gasteiger partial charge in [0.25, 0.3) is 0 Å². The fraction of sp³-hybridized carbons (Fsp3) is 0.769. The van der Waals surface area contributed by atoms with Crippen molar-refractivity contribution in [2.45, 2.75) is 58.3 Å². The highest BCUT2D eigenvalue weighted by Crippen LogP contribution is 2.32. The Labute approximate surface area is 110 Å². The van der Waals surface area contributed by atoms with Crippen molar-refractivity contribution < 1.29 is 9.84 Å². The minimum Gasteiger partial charge on any atom is -0.387 e. The van der Waals surface area contributed by atoms with Crippen LogP contribution < -0.4 is 0 Å². The molecule has 5 heteroatoms. The number of nitrogens with zero attached hydrogens (tertiary/aromatic N) is 2. The first-order valence-electron chi connectivity index (χ1n) is 6.70. The van der Waals surface area contributed by atoms with Crippen LogP contribution >= 0.6 is 0 Å². The van der Waals surface area contributed by atoms with Gasteiger partial charge in [0, 0.05) is 20.4 Å². The normalized spacial score (nSPS) is 19.3. The third-order valence-corrected chi connectivity index (χ3v) is 5.26. The monoisotopic (exact) mass is 268 g/mol. The molecule has 2 rings (SSSR count). The molecular weight excluding hydrogens is 244 g/mol. The molecule has 1 unspecified atom stereocenters. The molecule has 0 spiro atoms. The van der Waals surface area contributed by atoms with E-state index < -0.39 is 8.07 Å². The van der Waals surface area contributed by atoms with E-state index in [0.29, 0.717) is 6.73 Å². The lowest BCUT2D eigenvalue weighted by atomic mass is 10.2. The second kappa shape index (κ2) is 5.15. The fourth-order valence-electron chi connectivity index (χ4n) is 2.26. The number of hydrogen-bond donors (Lipinski definition) is 1. The average molecular weight is 268 g/mol. The summed E-state index contributed by atoms with van der Waals surface area (Å²) in [7, 11) is -1.02. The molecule has 0 bridgehead atoms. The predicted molar refractivity (Wildman–Crippen MR) is 74.3 cm³/mol. The Bertz CT molecular complexity index is 423. The Morgan fingerprint density at radius 3 is 2.78 bits per heavy atom. The molecule has 102 valence electrons. The summed E-state index contributed by atoms with van der Waals surface area (Å²) in [6.45, 7) is 10.4. The number of aliphatic hydroxyl groups excluding tert-OH is 1. The van der Waals surface area contributed by atoms with Crippen LogP contribution in [0.15, 0.2) is 0 Å². The molecule has 4 nitrogen and oxygen atoms in total. The number of hydrogen-bond acceptors (Lipinski definition) is 3. The van der Waals surface area contributed by atoms with E-state index in [2.05, 4.69) is 31.7 Å². The fourth-order valence-corrected chi connectivity index (χ4v) is 3.01. The van der Waals surface area contributed by atoms with Gasteiger partial charge in [0.2, 0.25) is 0 Å². The Hall–Kier alpha value is -0.653. The van der Waals surface area contributed by atoms with Gasteiger partial charge >= 0.3 is 0 Å². The first-order valence-corrected chi connectivity index (χ1v) is 10.4. The maximum atomic E-state index is 9.79. The molecular formula is C13H24N2O2Si. The minimum absolute atomic E-state index is 0.373. The van der Waals surface area contributed by atoms with Crippen molar-refractivity contribution in [3.63, 3.8) is 0 Å². The third kappa shape index (κ3) is 3.02. The van der Waals surface area contributed by atoms with Gasteiger partial charge in [-0.15, -0.1) is 0 Å². The van der Waals surface area contributed by atoms with Gasteiger partial charge in [0.05, 0.1) is 11.8 Å². The highest BCUT2D eigenvalue weighted by molar-refractivity contribution is 6.76. The van der Waals surface area contributed by atoms with Crippen molar-refractivity contribution in [1.29, 1.82) is 0 Å². The predicted octanol–water partition coefficient (Wildman–Crippen LogP) is 2.48. The minimum atomic E-state index is -1.02. The standard InChI is InChI=1S/C13H24N2O2Si/c1-10-11-5-6-12(16)13(11)14-15(10)9-17-7-8-18(2,3)4/h12,16H,5-9H2,1-4H3. The molecule has 0 amide bonds. The maximum absolute atomic E-state index is 9.79. The largest absolute Gasteiger partial charge is 0.387 e. The highest BCUT2D eigenvalue weighted by atomic mass is 28.3. The van der Waals surface area contributed by atoms with Gasteiger partial charge in [-0.25, -0.2) is 4.68 Å². The summed E-state index contributed by atoms with van der Waals surface area (Å²) in [5.41, 5.74) is 3.23. The molecule has 1 aliphatic rings. The lowest BCUT2D eigenvalue weighted by Crippen LogP contribution is -2.22. The van der Waals surface area contributed by atoms with Gasteiger partial charge in [-0.2, -0.15) is 5.10 Å². The van der Waals surface area contributed by atoms with Gasteiger partial charge < -0.3 is 9.84 Å². The van der Waals surface area contributed by atoms with E-state index in [4.69, 9.17) is 4.74 Å². The van der Waals surface area contributed by atoms with E-state index >= 15 is 0 Å². The van der Waals surface area contributed by atoms with Crippen molar-refractivity contribution in [2.24, 2.45) is 0 Å². The highest BCUT2D eigenvalue weighted by Gasteiger charge is 2.27. The molecule has 0 radical (unpaired) electrons. The van der Waals surface area contributed by atoms with Gasteiger partial charge in [-0.3, -0.25) is 0 Å². The number of aliphatic hydroxyl groups is 1. The third-order valence-electron chi connectivity index (χ3n) is 3.55. The van der Waals surface area contributed by atoms with Crippen molar-refractivity contribution in [1.82, 2.24) is 9.78 Å². The van der Waals surface area contributed by atoms with Crippen LogP contribution in [0.4, 0.5) is 0 Å². The van der Waals surface area contributed by atoms with Crippen LogP contribution in [0.2, 0.25) is 25.7 Å². The van der Waals surface area contributed by atoms with Crippen molar-refractivity contribution in [2.75, 3.05) is 6.61 Å². The van der Waals surface area contributed by atoms with Crippen molar-refractivity contribution in [3.05, 3.63) is 17.0 Å². The van der Waals surface area contributed by atoms with Crippen LogP contribution in [-0.4, -0.2) is 29.6 Å². The topological polar surface area (TPSA) is 47.3 Å². The van der Waals surface area contributed by atoms with Gasteiger partial charge in [-0.1, -0.05) is 19.6 Å². The van der Waals surface area contributed by atoms with Crippen LogP contribution in [0.3, 0.4) is 0 Å². The first kappa shape index (κ1) is 13.8. The molecule has 0 aromatic carbocycles. The zero-order chi connectivity index (χ0) is 13.3. The van der Waals surface area contributed by atoms with Gasteiger partial charge in [0.1, 0.15) is 6.73 Å². The number of aromatic nitrogens is 2. The molecule has 1 atom stereocenters. The van der Waals surface area contributed by atoms with Crippen LogP contribution in [0.25, 0.3) is 0 Å². The average Bonchev–Trinajstić information content (AvgIpc) is 2.76. The van der Waals surface area contributed by atoms with Gasteiger partial charge in [-0.05, 0) is 31.4 Å². The Kier molecular flexibility index (Phi) is 3.94. The molecule has 1 N–H and O–H groups in total. The summed E-state index contributed by atoms with van der Waals surface area (Å²) in [4.78, 5) is 0. The van der Waals surface area contributed by atoms with Crippen LogP contribution in [0, 0.1) is 6.92 Å². The molecule has 0 aliphatic heterocycles. The number of fused-ring (bicyclic) bond motifs is 1. The van der Waals surface area contributed by atoms with E-state index in [0.717, 1.165) is 30.8 Å². The van der Waals surface area contributed by atoms with E-state index in [9.17, 15) is 5.11 Å². The second-order valence-corrected chi connectivity index (χ2v) is 12.0. The number of rotatable bonds is 5. The number of ether oxygens (including phenoxy) is 1. The summed E-state index contributed by atoms with van der Waals surface area (Å²) in [5, 5.41) is 14.2. The van der Waals surface area contributed by atoms with Crippen LogP contribution in [0.5, 0.6) is 0 Å². The molecule has 0 saturated heterocycles. The van der Waals surface area contributed by atoms with E-state index in [-0.39, 0.29) is 6.10 Å². The second-order valence-electron chi connectivity index (χ2n) is 6.35. The smallest absolute Gasteiger partial charge is 0.139 e. The lowest BCUT2D eigenvalue weighted by Gasteiger charge is -2.15. The first-order chi connectivity index (χ1) is 8.38. The van der Waals surface area contributed by atoms with Crippen molar-refractivity contribution in [3.8, 4) is 0 Å². The molecule has 0 saturated carbocycles. The molecule has 18 heavy (non-hydrogen) atoms. The Morgan fingerprint density at radius 2 is 2.17 bits per heavy atom. The van der Waals surface area contributed by atoms with E-state index in [1.54, 1.807) is 0 Å². The van der Waals surface area contributed by atoms with E-state index in [1.165, 1.54) is 11.6 Å². The van der Waals surface area contributed by atoms with Gasteiger partial charge in [0.15, 0.2) is 0 Å². The molecule has 1 aliphatic carbocycles. The van der Waals surface area contributed by atoms with Crippen molar-refractivity contribution >= 4 is 8.07 Å². The lowest BCUT2D eigenvalue weighted by molar-refractivity contribution is 0.0751.